The molecule has 3 rings (SSSR count). The summed E-state index contributed by atoms with van der Waals surface area (Å²) < 4.78 is 40.6. The number of halogens is 1. The highest BCUT2D eigenvalue weighted by molar-refractivity contribution is 7.89. The molecule has 1 amide bonds. The summed E-state index contributed by atoms with van der Waals surface area (Å²) in [6.45, 7) is 4.92. The Balaban J connectivity index is 1.69. The molecule has 1 fully saturated rings. The topological polar surface area (TPSA) is 86.7 Å². The van der Waals surface area contributed by atoms with Crippen molar-refractivity contribution in [3.63, 3.8) is 0 Å². The molecule has 0 aromatic heterocycles. The van der Waals surface area contributed by atoms with E-state index in [2.05, 4.69) is 5.32 Å². The van der Waals surface area contributed by atoms with Gasteiger partial charge in [0, 0.05) is 25.2 Å². The molecule has 2 N–H and O–H groups in total. The zero-order chi connectivity index (χ0) is 21.9. The van der Waals surface area contributed by atoms with E-state index in [0.717, 1.165) is 6.42 Å². The Morgan fingerprint density at radius 1 is 1.17 bits per heavy atom. The second kappa shape index (κ2) is 9.24. The molecule has 0 radical (unpaired) electrons. The van der Waals surface area contributed by atoms with Gasteiger partial charge in [-0.25, -0.2) is 12.8 Å². The highest BCUT2D eigenvalue weighted by Crippen LogP contribution is 2.27. The van der Waals surface area contributed by atoms with Crippen LogP contribution in [-0.2, 0) is 10.0 Å². The molecule has 162 valence electrons. The van der Waals surface area contributed by atoms with Crippen LogP contribution in [0.2, 0.25) is 0 Å². The highest BCUT2D eigenvalue weighted by Gasteiger charge is 2.32. The molecular weight excluding hydrogens is 407 g/mol. The lowest BCUT2D eigenvalue weighted by Crippen LogP contribution is -2.42. The Morgan fingerprint density at radius 2 is 1.80 bits per heavy atom. The fourth-order valence-electron chi connectivity index (χ4n) is 3.84. The number of benzene rings is 2. The number of carbonyl (C=O) groups is 1. The third kappa shape index (κ3) is 5.24. The van der Waals surface area contributed by atoms with E-state index in [1.807, 2.05) is 13.8 Å². The van der Waals surface area contributed by atoms with Gasteiger partial charge < -0.3 is 10.4 Å². The quantitative estimate of drug-likeness (QED) is 0.732. The van der Waals surface area contributed by atoms with E-state index in [-0.39, 0.29) is 28.8 Å². The van der Waals surface area contributed by atoms with Gasteiger partial charge in [0.05, 0.1) is 11.0 Å². The van der Waals surface area contributed by atoms with Crippen molar-refractivity contribution in [2.45, 2.75) is 31.3 Å². The Hall–Kier alpha value is -2.29. The number of nitrogens with one attached hydrogen (secondary N) is 1. The lowest BCUT2D eigenvalue weighted by Gasteiger charge is -2.34. The predicted molar refractivity (Wildman–Crippen MR) is 112 cm³/mol. The fourth-order valence-corrected chi connectivity index (χ4v) is 5.57. The smallest absolute Gasteiger partial charge is 0.251 e. The summed E-state index contributed by atoms with van der Waals surface area (Å²) in [6, 6.07) is 11.3. The summed E-state index contributed by atoms with van der Waals surface area (Å²) in [5, 5.41) is 12.8. The lowest BCUT2D eigenvalue weighted by molar-refractivity contribution is 0.0916. The molecule has 1 heterocycles. The van der Waals surface area contributed by atoms with E-state index in [9.17, 15) is 22.7 Å². The van der Waals surface area contributed by atoms with Gasteiger partial charge in [-0.15, -0.1) is 0 Å². The van der Waals surface area contributed by atoms with Gasteiger partial charge in [0.1, 0.15) is 5.82 Å². The van der Waals surface area contributed by atoms with E-state index in [1.54, 1.807) is 0 Å². The number of sulfonamides is 1. The van der Waals surface area contributed by atoms with Gasteiger partial charge in [0.15, 0.2) is 0 Å². The molecule has 2 aromatic rings. The van der Waals surface area contributed by atoms with Crippen LogP contribution in [0.25, 0.3) is 0 Å². The van der Waals surface area contributed by atoms with Crippen molar-refractivity contribution in [1.82, 2.24) is 9.62 Å². The van der Waals surface area contributed by atoms with Gasteiger partial charge in [-0.05, 0) is 54.2 Å². The molecule has 0 spiro atoms. The highest BCUT2D eigenvalue weighted by atomic mass is 32.2. The predicted octanol–water partition coefficient (Wildman–Crippen LogP) is 2.96. The molecule has 1 aliphatic rings. The van der Waals surface area contributed by atoms with Crippen molar-refractivity contribution in [2.24, 2.45) is 11.8 Å². The second-order valence-corrected chi connectivity index (χ2v) is 10.0. The van der Waals surface area contributed by atoms with Crippen LogP contribution in [-0.4, -0.2) is 43.4 Å². The maximum Gasteiger partial charge on any atom is 0.251 e. The largest absolute Gasteiger partial charge is 0.387 e. The van der Waals surface area contributed by atoms with Crippen molar-refractivity contribution >= 4 is 15.9 Å². The average molecular weight is 435 g/mol. The van der Waals surface area contributed by atoms with Crippen LogP contribution >= 0.6 is 0 Å². The molecule has 30 heavy (non-hydrogen) atoms. The number of piperidine rings is 1. The SMILES string of the molecule is CC1CC(C)CN(S(=O)(=O)c2cccc(C(=O)NCC(O)c3ccc(F)cc3)c2)C1. The number of rotatable bonds is 6. The van der Waals surface area contributed by atoms with E-state index in [1.165, 1.54) is 52.8 Å². The number of nitrogens with zero attached hydrogens (tertiary/aromatic N) is 1. The normalized spacial score (nSPS) is 21.2. The van der Waals surface area contributed by atoms with Crippen molar-refractivity contribution in [3.8, 4) is 0 Å². The van der Waals surface area contributed by atoms with E-state index in [0.29, 0.717) is 18.7 Å². The Morgan fingerprint density at radius 3 is 2.43 bits per heavy atom. The van der Waals surface area contributed by atoms with Crippen molar-refractivity contribution in [3.05, 3.63) is 65.5 Å². The summed E-state index contributed by atoms with van der Waals surface area (Å²) >= 11 is 0. The first-order chi connectivity index (χ1) is 14.2. The molecule has 3 unspecified atom stereocenters. The first-order valence-electron chi connectivity index (χ1n) is 9.98. The number of amides is 1. The van der Waals surface area contributed by atoms with E-state index >= 15 is 0 Å². The summed E-state index contributed by atoms with van der Waals surface area (Å²) in [4.78, 5) is 12.6. The van der Waals surface area contributed by atoms with Crippen LogP contribution in [0.15, 0.2) is 53.4 Å². The number of aliphatic hydroxyl groups excluding tert-OH is 1. The zero-order valence-electron chi connectivity index (χ0n) is 17.1. The van der Waals surface area contributed by atoms with Gasteiger partial charge in [-0.3, -0.25) is 4.79 Å². The minimum absolute atomic E-state index is 0.0792. The maximum absolute atomic E-state index is 13.1. The number of carbonyl (C=O) groups excluding carboxylic acids is 1. The van der Waals surface area contributed by atoms with E-state index < -0.39 is 27.9 Å². The Bertz CT molecular complexity index is 984. The number of hydrogen-bond donors (Lipinski definition) is 2. The Labute approximate surface area is 176 Å². The zero-order valence-corrected chi connectivity index (χ0v) is 17.9. The molecule has 0 aliphatic carbocycles. The summed E-state index contributed by atoms with van der Waals surface area (Å²) in [5.41, 5.74) is 0.668. The molecular formula is C22H27FN2O4S. The second-order valence-electron chi connectivity index (χ2n) is 8.07. The molecule has 1 aliphatic heterocycles. The molecule has 0 bridgehead atoms. The third-order valence-electron chi connectivity index (χ3n) is 5.28. The van der Waals surface area contributed by atoms with Crippen LogP contribution < -0.4 is 5.32 Å². The minimum atomic E-state index is -3.69. The number of hydrogen-bond acceptors (Lipinski definition) is 4. The molecule has 3 atom stereocenters. The molecule has 8 heteroatoms. The maximum atomic E-state index is 13.1. The molecule has 0 saturated carbocycles. The Kier molecular flexibility index (Phi) is 6.90. The van der Waals surface area contributed by atoms with Gasteiger partial charge in [-0.1, -0.05) is 32.0 Å². The standard InChI is InChI=1S/C22H27FN2O4S/c1-15-10-16(2)14-25(13-15)30(28,29)20-5-3-4-18(11-20)22(27)24-12-21(26)17-6-8-19(23)9-7-17/h3-9,11,15-16,21,26H,10,12-14H2,1-2H3,(H,24,27). The van der Waals surface area contributed by atoms with Crippen molar-refractivity contribution in [1.29, 1.82) is 0 Å². The minimum Gasteiger partial charge on any atom is -0.387 e. The number of aliphatic hydroxyl groups is 1. The first-order valence-corrected chi connectivity index (χ1v) is 11.4. The van der Waals surface area contributed by atoms with Crippen LogP contribution in [0.4, 0.5) is 4.39 Å². The monoisotopic (exact) mass is 434 g/mol. The van der Waals surface area contributed by atoms with Gasteiger partial charge in [-0.2, -0.15) is 4.31 Å². The van der Waals surface area contributed by atoms with Gasteiger partial charge in [0.2, 0.25) is 10.0 Å². The lowest BCUT2D eigenvalue weighted by atomic mass is 9.94. The van der Waals surface area contributed by atoms with E-state index in [4.69, 9.17) is 0 Å². The molecule has 6 nitrogen and oxygen atoms in total. The molecule has 1 saturated heterocycles. The van der Waals surface area contributed by atoms with Crippen LogP contribution in [0.1, 0.15) is 42.3 Å². The average Bonchev–Trinajstić information content (AvgIpc) is 2.71. The van der Waals surface area contributed by atoms with Crippen molar-refractivity contribution in [2.75, 3.05) is 19.6 Å². The summed E-state index contributed by atoms with van der Waals surface area (Å²) in [7, 11) is -3.69. The fraction of sp³-hybridized carbons (Fsp3) is 0.409. The summed E-state index contributed by atoms with van der Waals surface area (Å²) in [5.74, 6) is -0.343. The van der Waals surface area contributed by atoms with Crippen LogP contribution in [0.3, 0.4) is 0 Å². The van der Waals surface area contributed by atoms with Gasteiger partial charge in [0.25, 0.3) is 5.91 Å². The third-order valence-corrected chi connectivity index (χ3v) is 7.11. The van der Waals surface area contributed by atoms with Crippen molar-refractivity contribution < 1.29 is 22.7 Å². The first kappa shape index (κ1) is 22.4. The van der Waals surface area contributed by atoms with Crippen LogP contribution in [0.5, 0.6) is 0 Å². The summed E-state index contributed by atoms with van der Waals surface area (Å²) in [6.07, 6.45) is -0.0111. The van der Waals surface area contributed by atoms with Gasteiger partial charge >= 0.3 is 0 Å². The molecule has 2 aromatic carbocycles. The van der Waals surface area contributed by atoms with Crippen LogP contribution in [0, 0.1) is 17.7 Å².